The van der Waals surface area contributed by atoms with E-state index in [1.54, 1.807) is 12.3 Å². The molecule has 8 heteroatoms. The van der Waals surface area contributed by atoms with Crippen LogP contribution in [0.25, 0.3) is 10.9 Å². The number of nitrogens with one attached hydrogen (secondary N) is 2. The van der Waals surface area contributed by atoms with Gasteiger partial charge in [0.05, 0.1) is 12.6 Å². The molecule has 3 heterocycles. The minimum atomic E-state index is 0.192. The first-order valence-electron chi connectivity index (χ1n) is 9.97. The van der Waals surface area contributed by atoms with E-state index in [9.17, 15) is 5.26 Å². The molecule has 1 atom stereocenters. The van der Waals surface area contributed by atoms with Gasteiger partial charge < -0.3 is 20.3 Å². The van der Waals surface area contributed by atoms with Gasteiger partial charge in [-0.3, -0.25) is 0 Å². The molecule has 2 aromatic rings. The molecule has 4 rings (SSSR count). The van der Waals surface area contributed by atoms with Crippen LogP contribution in [0, 0.1) is 11.3 Å². The van der Waals surface area contributed by atoms with E-state index in [2.05, 4.69) is 45.7 Å². The number of nitriles is 1. The molecule has 148 valence electrons. The number of anilines is 2. The maximum absolute atomic E-state index is 9.29. The second-order valence-electron chi connectivity index (χ2n) is 7.92. The van der Waals surface area contributed by atoms with Gasteiger partial charge in [-0.2, -0.15) is 5.26 Å². The number of rotatable bonds is 5. The molecule has 2 aromatic heterocycles. The van der Waals surface area contributed by atoms with Gasteiger partial charge in [0.15, 0.2) is 5.82 Å². The Kier molecular flexibility index (Phi) is 5.55. The summed E-state index contributed by atoms with van der Waals surface area (Å²) < 4.78 is 5.44. The second kappa shape index (κ2) is 8.25. The summed E-state index contributed by atoms with van der Waals surface area (Å²) in [7, 11) is 4.30. The smallest absolute Gasteiger partial charge is 0.223 e. The predicted octanol–water partition coefficient (Wildman–Crippen LogP) is 2.38. The van der Waals surface area contributed by atoms with Gasteiger partial charge in [-0.15, -0.1) is 0 Å². The number of ether oxygens (including phenoxy) is 1. The van der Waals surface area contributed by atoms with E-state index in [4.69, 9.17) is 9.72 Å². The SMILES string of the molecule is CN(C)[C@H]1CC[C@H](Nc2ncc3cc(C#N)nc(N[C@@H]4CCOC4)c3n2)CC1. The molecule has 0 amide bonds. The third kappa shape index (κ3) is 4.16. The third-order valence-corrected chi connectivity index (χ3v) is 5.71. The summed E-state index contributed by atoms with van der Waals surface area (Å²) in [6.07, 6.45) is 7.28. The summed E-state index contributed by atoms with van der Waals surface area (Å²) >= 11 is 0. The van der Waals surface area contributed by atoms with Gasteiger partial charge in [0.2, 0.25) is 5.95 Å². The molecule has 1 saturated heterocycles. The lowest BCUT2D eigenvalue weighted by molar-refractivity contribution is 0.195. The predicted molar refractivity (Wildman–Crippen MR) is 108 cm³/mol. The molecule has 1 aliphatic heterocycles. The van der Waals surface area contributed by atoms with Crippen molar-refractivity contribution in [2.24, 2.45) is 0 Å². The van der Waals surface area contributed by atoms with Gasteiger partial charge in [-0.05, 0) is 52.3 Å². The zero-order chi connectivity index (χ0) is 19.5. The first-order chi connectivity index (χ1) is 13.6. The number of fused-ring (bicyclic) bond motifs is 1. The molecule has 0 unspecified atom stereocenters. The zero-order valence-electron chi connectivity index (χ0n) is 16.5. The van der Waals surface area contributed by atoms with Crippen LogP contribution in [0.5, 0.6) is 0 Å². The Morgan fingerprint density at radius 3 is 2.61 bits per heavy atom. The van der Waals surface area contributed by atoms with Crippen LogP contribution in [-0.4, -0.2) is 65.3 Å². The maximum atomic E-state index is 9.29. The van der Waals surface area contributed by atoms with Gasteiger partial charge in [0.1, 0.15) is 17.3 Å². The van der Waals surface area contributed by atoms with Gasteiger partial charge in [-0.1, -0.05) is 0 Å². The van der Waals surface area contributed by atoms with Crippen molar-refractivity contribution in [3.05, 3.63) is 18.0 Å². The molecule has 0 bridgehead atoms. The molecule has 8 nitrogen and oxygen atoms in total. The highest BCUT2D eigenvalue weighted by molar-refractivity contribution is 5.89. The minimum Gasteiger partial charge on any atom is -0.379 e. The lowest BCUT2D eigenvalue weighted by atomic mass is 9.91. The first-order valence-corrected chi connectivity index (χ1v) is 9.97. The molecule has 2 aliphatic rings. The number of pyridine rings is 1. The van der Waals surface area contributed by atoms with E-state index in [0.717, 1.165) is 36.8 Å². The van der Waals surface area contributed by atoms with E-state index in [1.807, 2.05) is 0 Å². The molecule has 2 fully saturated rings. The first kappa shape index (κ1) is 18.8. The molecular formula is C20H27N7O. The van der Waals surface area contributed by atoms with Crippen LogP contribution in [0.4, 0.5) is 11.8 Å². The summed E-state index contributed by atoms with van der Waals surface area (Å²) in [6, 6.07) is 5.10. The van der Waals surface area contributed by atoms with Crippen molar-refractivity contribution in [3.8, 4) is 6.07 Å². The van der Waals surface area contributed by atoms with Crippen LogP contribution >= 0.6 is 0 Å². The summed E-state index contributed by atoms with van der Waals surface area (Å²) in [5, 5.41) is 17.0. The van der Waals surface area contributed by atoms with E-state index < -0.39 is 0 Å². The molecule has 28 heavy (non-hydrogen) atoms. The summed E-state index contributed by atoms with van der Waals surface area (Å²) in [5.74, 6) is 1.25. The molecule has 1 saturated carbocycles. The maximum Gasteiger partial charge on any atom is 0.223 e. The van der Waals surface area contributed by atoms with Crippen LogP contribution in [0.1, 0.15) is 37.8 Å². The van der Waals surface area contributed by atoms with E-state index in [1.165, 1.54) is 12.8 Å². The molecule has 0 radical (unpaired) electrons. The molecule has 2 N–H and O–H groups in total. The summed E-state index contributed by atoms with van der Waals surface area (Å²) in [5.41, 5.74) is 1.10. The van der Waals surface area contributed by atoms with E-state index >= 15 is 0 Å². The van der Waals surface area contributed by atoms with Crippen molar-refractivity contribution in [1.29, 1.82) is 5.26 Å². The Morgan fingerprint density at radius 1 is 1.11 bits per heavy atom. The largest absolute Gasteiger partial charge is 0.379 e. The van der Waals surface area contributed by atoms with Gasteiger partial charge >= 0.3 is 0 Å². The van der Waals surface area contributed by atoms with Gasteiger partial charge in [-0.25, -0.2) is 15.0 Å². The van der Waals surface area contributed by atoms with Crippen molar-refractivity contribution in [2.45, 2.75) is 50.2 Å². The highest BCUT2D eigenvalue weighted by atomic mass is 16.5. The Hall–Kier alpha value is -2.50. The van der Waals surface area contributed by atoms with Crippen molar-refractivity contribution >= 4 is 22.7 Å². The molecular weight excluding hydrogens is 354 g/mol. The average Bonchev–Trinajstić information content (AvgIpc) is 3.21. The van der Waals surface area contributed by atoms with Crippen molar-refractivity contribution < 1.29 is 4.74 Å². The normalized spacial score (nSPS) is 25.0. The van der Waals surface area contributed by atoms with Crippen molar-refractivity contribution in [1.82, 2.24) is 19.9 Å². The second-order valence-corrected chi connectivity index (χ2v) is 7.92. The number of nitrogens with zero attached hydrogens (tertiary/aromatic N) is 5. The fraction of sp³-hybridized carbons (Fsp3) is 0.600. The molecule has 0 aromatic carbocycles. The van der Waals surface area contributed by atoms with Crippen LogP contribution in [0.3, 0.4) is 0 Å². The Morgan fingerprint density at radius 2 is 1.93 bits per heavy atom. The summed E-state index contributed by atoms with van der Waals surface area (Å²) in [6.45, 7) is 1.39. The number of aromatic nitrogens is 3. The quantitative estimate of drug-likeness (QED) is 0.814. The van der Waals surface area contributed by atoms with Crippen LogP contribution < -0.4 is 10.6 Å². The fourth-order valence-corrected chi connectivity index (χ4v) is 4.03. The third-order valence-electron chi connectivity index (χ3n) is 5.71. The van der Waals surface area contributed by atoms with Crippen LogP contribution in [-0.2, 0) is 4.74 Å². The van der Waals surface area contributed by atoms with Crippen LogP contribution in [0.15, 0.2) is 12.3 Å². The molecule has 1 aliphatic carbocycles. The minimum absolute atomic E-state index is 0.192. The Bertz CT molecular complexity index is 865. The summed E-state index contributed by atoms with van der Waals surface area (Å²) in [4.78, 5) is 16.0. The highest BCUT2D eigenvalue weighted by Gasteiger charge is 2.23. The monoisotopic (exact) mass is 381 g/mol. The lowest BCUT2D eigenvalue weighted by Gasteiger charge is -2.32. The topological polar surface area (TPSA) is 99.0 Å². The van der Waals surface area contributed by atoms with Crippen molar-refractivity contribution in [3.63, 3.8) is 0 Å². The fourth-order valence-electron chi connectivity index (χ4n) is 4.03. The van der Waals surface area contributed by atoms with E-state index in [0.29, 0.717) is 36.2 Å². The Labute approximate surface area is 165 Å². The Balaban J connectivity index is 1.54. The highest BCUT2D eigenvalue weighted by Crippen LogP contribution is 2.26. The van der Waals surface area contributed by atoms with Crippen molar-refractivity contribution in [2.75, 3.05) is 37.9 Å². The zero-order valence-corrected chi connectivity index (χ0v) is 16.5. The van der Waals surface area contributed by atoms with E-state index in [-0.39, 0.29) is 6.04 Å². The number of hydrogen-bond donors (Lipinski definition) is 2. The number of hydrogen-bond acceptors (Lipinski definition) is 8. The van der Waals surface area contributed by atoms with Gasteiger partial charge in [0.25, 0.3) is 0 Å². The van der Waals surface area contributed by atoms with Crippen LogP contribution in [0.2, 0.25) is 0 Å². The van der Waals surface area contributed by atoms with Gasteiger partial charge in [0, 0.05) is 30.3 Å². The average molecular weight is 381 g/mol. The molecule has 0 spiro atoms. The lowest BCUT2D eigenvalue weighted by Crippen LogP contribution is -2.36. The standard InChI is InChI=1S/C20H27N7O/c1-27(2)17-5-3-14(4-6-17)25-20-22-11-13-9-16(10-21)24-19(18(13)26-20)23-15-7-8-28-12-15/h9,11,14-15,17H,3-8,12H2,1-2H3,(H,23,24)(H,22,25,26)/t14-,15-,17-/m1/s1.